The molecule has 0 radical (unpaired) electrons. The second kappa shape index (κ2) is 12.1. The summed E-state index contributed by atoms with van der Waals surface area (Å²) < 4.78 is 18.2. The standard InChI is InChI=1S/C26H37O4P.Li.H/c1-14(2)28-21-12-22(29-15(3)4)25(23(13-21)30-16(5)6)31-26(27)24-18(8)11-17(7)19(9)20(24)10;;/h11-16,31H,1-10H3;;. The van der Waals surface area contributed by atoms with Crippen LogP contribution >= 0.6 is 8.58 Å². The van der Waals surface area contributed by atoms with E-state index in [1.807, 2.05) is 67.5 Å². The van der Waals surface area contributed by atoms with E-state index in [9.17, 15) is 4.79 Å². The van der Waals surface area contributed by atoms with E-state index in [0.717, 1.165) is 27.6 Å². The Morgan fingerprint density at radius 2 is 1.19 bits per heavy atom. The Bertz CT molecular complexity index is 920. The summed E-state index contributed by atoms with van der Waals surface area (Å²) in [5.74, 6) is 1.98. The Labute approximate surface area is 207 Å². The molecular formula is C26H38LiO4P. The molecule has 2 rings (SSSR count). The number of carbonyl (C=O) groups excluding carboxylic acids is 1. The molecule has 1 unspecified atom stereocenters. The molecule has 0 aliphatic rings. The number of ether oxygens (including phenoxy) is 3. The monoisotopic (exact) mass is 452 g/mol. The Morgan fingerprint density at radius 1 is 0.719 bits per heavy atom. The molecule has 32 heavy (non-hydrogen) atoms. The van der Waals surface area contributed by atoms with E-state index < -0.39 is 0 Å². The van der Waals surface area contributed by atoms with Crippen molar-refractivity contribution in [2.75, 3.05) is 0 Å². The molecule has 4 nitrogen and oxygen atoms in total. The summed E-state index contributed by atoms with van der Waals surface area (Å²) in [7, 11) is -0.114. The van der Waals surface area contributed by atoms with Crippen LogP contribution in [0.2, 0.25) is 0 Å². The maximum absolute atomic E-state index is 13.5. The molecule has 0 aliphatic heterocycles. The van der Waals surface area contributed by atoms with Crippen molar-refractivity contribution < 1.29 is 19.0 Å². The van der Waals surface area contributed by atoms with Gasteiger partial charge in [0.05, 0.1) is 23.6 Å². The van der Waals surface area contributed by atoms with E-state index in [4.69, 9.17) is 14.2 Å². The van der Waals surface area contributed by atoms with Crippen molar-refractivity contribution in [2.45, 2.75) is 87.5 Å². The summed E-state index contributed by atoms with van der Waals surface area (Å²) in [6.45, 7) is 20.1. The van der Waals surface area contributed by atoms with Crippen molar-refractivity contribution in [3.8, 4) is 17.2 Å². The molecule has 0 saturated heterocycles. The third kappa shape index (κ3) is 7.28. The molecule has 0 bridgehead atoms. The number of hydrogen-bond acceptors (Lipinski definition) is 4. The topological polar surface area (TPSA) is 44.8 Å². The molecule has 0 spiro atoms. The van der Waals surface area contributed by atoms with Gasteiger partial charge in [-0.1, -0.05) is 6.07 Å². The molecule has 1 atom stereocenters. The molecule has 172 valence electrons. The number of carbonyl (C=O) groups is 1. The van der Waals surface area contributed by atoms with Crippen molar-refractivity contribution in [2.24, 2.45) is 0 Å². The van der Waals surface area contributed by atoms with Crippen LogP contribution in [0, 0.1) is 27.7 Å². The first-order valence-corrected chi connectivity index (χ1v) is 12.0. The minimum absolute atomic E-state index is 0. The Balaban J connectivity index is 0.00000512. The maximum atomic E-state index is 13.5. The van der Waals surface area contributed by atoms with Gasteiger partial charge >= 0.3 is 18.9 Å². The first-order valence-electron chi connectivity index (χ1n) is 11.0. The van der Waals surface area contributed by atoms with Gasteiger partial charge in [-0.25, -0.2) is 0 Å². The Kier molecular flexibility index (Phi) is 10.8. The van der Waals surface area contributed by atoms with Gasteiger partial charge in [-0.05, 0) is 100 Å². The zero-order valence-electron chi connectivity index (χ0n) is 20.6. The van der Waals surface area contributed by atoms with Gasteiger partial charge in [-0.3, -0.25) is 4.79 Å². The normalized spacial score (nSPS) is 11.4. The molecule has 0 amide bonds. The van der Waals surface area contributed by atoms with E-state index in [1.165, 1.54) is 5.56 Å². The van der Waals surface area contributed by atoms with Crippen LogP contribution in [0.4, 0.5) is 0 Å². The van der Waals surface area contributed by atoms with Gasteiger partial charge in [0.15, 0.2) is 5.52 Å². The van der Waals surface area contributed by atoms with Gasteiger partial charge in [0.2, 0.25) is 0 Å². The molecule has 0 saturated carbocycles. The first-order chi connectivity index (χ1) is 14.4. The minimum atomic E-state index is -0.114. The average molecular weight is 453 g/mol. The first kappa shape index (κ1) is 28.6. The zero-order chi connectivity index (χ0) is 23.5. The molecule has 0 aliphatic carbocycles. The van der Waals surface area contributed by atoms with Crippen LogP contribution in [0.1, 0.15) is 74.2 Å². The third-order valence-corrected chi connectivity index (χ3v) is 6.18. The average Bonchev–Trinajstić information content (AvgIpc) is 2.61. The number of aryl methyl sites for hydroxylation is 2. The van der Waals surface area contributed by atoms with E-state index in [-0.39, 0.29) is 51.3 Å². The SMILES string of the molecule is Cc1cc(C)c(C(=O)Pc2c(OC(C)C)cc(OC(C)C)cc2OC(C)C)c(C)c1C.[LiH]. The van der Waals surface area contributed by atoms with Crippen LogP contribution in [0.15, 0.2) is 18.2 Å². The zero-order valence-corrected chi connectivity index (χ0v) is 21.6. The quantitative estimate of drug-likeness (QED) is 0.358. The van der Waals surface area contributed by atoms with E-state index in [2.05, 4.69) is 19.9 Å². The van der Waals surface area contributed by atoms with Crippen molar-refractivity contribution in [1.29, 1.82) is 0 Å². The number of hydrogen-bond donors (Lipinski definition) is 0. The van der Waals surface area contributed by atoms with Crippen LogP contribution in [0.5, 0.6) is 17.2 Å². The van der Waals surface area contributed by atoms with Crippen molar-refractivity contribution >= 4 is 38.3 Å². The van der Waals surface area contributed by atoms with Crippen LogP contribution in [0.3, 0.4) is 0 Å². The van der Waals surface area contributed by atoms with Gasteiger partial charge in [0.1, 0.15) is 17.2 Å². The summed E-state index contributed by atoms with van der Waals surface area (Å²) in [5.41, 5.74) is 5.32. The van der Waals surface area contributed by atoms with Gasteiger partial charge in [-0.2, -0.15) is 0 Å². The second-order valence-corrected chi connectivity index (χ2v) is 10.1. The molecule has 0 heterocycles. The van der Waals surface area contributed by atoms with Crippen LogP contribution in [-0.4, -0.2) is 42.7 Å². The fourth-order valence-corrected chi connectivity index (χ4v) is 4.78. The molecule has 6 heteroatoms. The van der Waals surface area contributed by atoms with E-state index in [1.54, 1.807) is 0 Å². The predicted octanol–water partition coefficient (Wildman–Crippen LogP) is 5.78. The Hall–Kier alpha value is -1.46. The second-order valence-electron chi connectivity index (χ2n) is 8.88. The van der Waals surface area contributed by atoms with Crippen molar-refractivity contribution in [1.82, 2.24) is 0 Å². The molecule has 2 aromatic rings. The molecular weight excluding hydrogens is 414 g/mol. The molecule has 0 N–H and O–H groups in total. The predicted molar refractivity (Wildman–Crippen MR) is 139 cm³/mol. The molecule has 0 aromatic heterocycles. The van der Waals surface area contributed by atoms with Crippen LogP contribution in [0.25, 0.3) is 0 Å². The fraction of sp³-hybridized carbons (Fsp3) is 0.500. The summed E-state index contributed by atoms with van der Waals surface area (Å²) >= 11 is 0. The van der Waals surface area contributed by atoms with Crippen LogP contribution in [-0.2, 0) is 0 Å². The van der Waals surface area contributed by atoms with Gasteiger partial charge in [-0.15, -0.1) is 0 Å². The summed E-state index contributed by atoms with van der Waals surface area (Å²) in [5, 5.41) is 0.792. The fourth-order valence-electron chi connectivity index (χ4n) is 3.53. The van der Waals surface area contributed by atoms with Crippen molar-refractivity contribution in [3.63, 3.8) is 0 Å². The summed E-state index contributed by atoms with van der Waals surface area (Å²) in [6.07, 6.45) is -0.0514. The third-order valence-electron chi connectivity index (χ3n) is 4.96. The Morgan fingerprint density at radius 3 is 1.62 bits per heavy atom. The van der Waals surface area contributed by atoms with E-state index >= 15 is 0 Å². The van der Waals surface area contributed by atoms with Gasteiger partial charge in [0, 0.05) is 17.7 Å². The van der Waals surface area contributed by atoms with Crippen molar-refractivity contribution in [3.05, 3.63) is 46.0 Å². The van der Waals surface area contributed by atoms with Gasteiger partial charge < -0.3 is 14.2 Å². The number of rotatable bonds is 9. The van der Waals surface area contributed by atoms with Gasteiger partial charge in [0.25, 0.3) is 0 Å². The molecule has 0 fully saturated rings. The summed E-state index contributed by atoms with van der Waals surface area (Å²) in [4.78, 5) is 13.5. The number of benzene rings is 2. The summed E-state index contributed by atoms with van der Waals surface area (Å²) in [6, 6.07) is 5.85. The molecule has 2 aromatic carbocycles. The van der Waals surface area contributed by atoms with E-state index in [0.29, 0.717) is 17.2 Å². The van der Waals surface area contributed by atoms with Crippen LogP contribution < -0.4 is 19.5 Å².